The van der Waals surface area contributed by atoms with Gasteiger partial charge in [0.2, 0.25) is 0 Å². The van der Waals surface area contributed by atoms with Gasteiger partial charge in [-0.3, -0.25) is 0 Å². The van der Waals surface area contributed by atoms with E-state index >= 15 is 0 Å². The Bertz CT molecular complexity index is 908. The lowest BCUT2D eigenvalue weighted by Crippen LogP contribution is -2.40. The number of β-amino-alcohol motifs (C(OH)–C–C–N with tert-alkyl or cyclic N) is 1. The maximum Gasteiger partial charge on any atom is 0.265 e. The SMILES string of the molecule is N#Cc1ccc(O)cc1F.NCC1(O)CCN(S(=O)c2ccc(C(F)F)cn2)C1. The molecule has 2 unspecified atom stereocenters. The highest BCUT2D eigenvalue weighted by Gasteiger charge is 2.37. The van der Waals surface area contributed by atoms with Crippen LogP contribution in [0.4, 0.5) is 13.2 Å². The van der Waals surface area contributed by atoms with Crippen LogP contribution in [0.15, 0.2) is 41.6 Å². The second-order valence-corrected chi connectivity index (χ2v) is 7.73. The van der Waals surface area contributed by atoms with Crippen molar-refractivity contribution < 1.29 is 27.6 Å². The number of benzene rings is 1. The van der Waals surface area contributed by atoms with Crippen molar-refractivity contribution in [1.82, 2.24) is 9.29 Å². The van der Waals surface area contributed by atoms with Gasteiger partial charge in [-0.2, -0.15) is 5.26 Å². The van der Waals surface area contributed by atoms with Crippen LogP contribution in [0.3, 0.4) is 0 Å². The molecule has 0 bridgehead atoms. The Kier molecular flexibility index (Phi) is 7.69. The van der Waals surface area contributed by atoms with E-state index in [1.807, 2.05) is 0 Å². The Labute approximate surface area is 167 Å². The van der Waals surface area contributed by atoms with Gasteiger partial charge in [-0.1, -0.05) is 0 Å². The average molecular weight is 428 g/mol. The van der Waals surface area contributed by atoms with Crippen LogP contribution in [0, 0.1) is 17.1 Å². The first kappa shape index (κ1) is 22.8. The quantitative estimate of drug-likeness (QED) is 0.683. The summed E-state index contributed by atoms with van der Waals surface area (Å²) in [6.07, 6.45) is -1.14. The third-order valence-electron chi connectivity index (χ3n) is 4.17. The standard InChI is InChI=1S/C11H15F2N3O2S.C7H4FNO/c12-10(13)8-1-2-9(15-5-8)19(18)16-4-3-11(17,6-14)7-16;8-7-3-6(10)2-1-5(7)4-9/h1-2,5,10,17H,3-4,6-7,14H2;1-3,10H. The predicted octanol–water partition coefficient (Wildman–Crippen LogP) is 1.84. The van der Waals surface area contributed by atoms with Crippen molar-refractivity contribution in [1.29, 1.82) is 5.26 Å². The summed E-state index contributed by atoms with van der Waals surface area (Å²) in [5.74, 6) is -0.862. The van der Waals surface area contributed by atoms with E-state index in [9.17, 15) is 22.5 Å². The molecule has 7 nitrogen and oxygen atoms in total. The summed E-state index contributed by atoms with van der Waals surface area (Å²) in [5.41, 5.74) is 4.15. The molecule has 0 spiro atoms. The number of aromatic nitrogens is 1. The van der Waals surface area contributed by atoms with Crippen molar-refractivity contribution in [3.05, 3.63) is 53.5 Å². The third kappa shape index (κ3) is 5.98. The number of alkyl halides is 2. The van der Waals surface area contributed by atoms with E-state index in [4.69, 9.17) is 16.1 Å². The van der Waals surface area contributed by atoms with E-state index in [1.165, 1.54) is 28.6 Å². The molecule has 1 aliphatic rings. The second-order valence-electron chi connectivity index (χ2n) is 6.30. The van der Waals surface area contributed by atoms with Crippen molar-refractivity contribution in [3.63, 3.8) is 0 Å². The number of phenolic OH excluding ortho intramolecular Hbond substituents is 1. The van der Waals surface area contributed by atoms with Crippen LogP contribution >= 0.6 is 0 Å². The summed E-state index contributed by atoms with van der Waals surface area (Å²) >= 11 is 0. The van der Waals surface area contributed by atoms with Gasteiger partial charge < -0.3 is 15.9 Å². The molecule has 1 fully saturated rings. The molecule has 0 radical (unpaired) electrons. The summed E-state index contributed by atoms with van der Waals surface area (Å²) < 4.78 is 50.9. The molecule has 1 saturated heterocycles. The van der Waals surface area contributed by atoms with E-state index in [1.54, 1.807) is 6.07 Å². The zero-order chi connectivity index (χ0) is 21.6. The first-order chi connectivity index (χ1) is 13.7. The fraction of sp³-hybridized carbons (Fsp3) is 0.333. The molecule has 1 aromatic heterocycles. The van der Waals surface area contributed by atoms with Gasteiger partial charge in [-0.05, 0) is 30.7 Å². The number of hydrogen-bond acceptors (Lipinski definition) is 6. The summed E-state index contributed by atoms with van der Waals surface area (Å²) in [5, 5.41) is 27.1. The van der Waals surface area contributed by atoms with Gasteiger partial charge in [0.05, 0.1) is 11.2 Å². The number of aliphatic hydroxyl groups is 1. The van der Waals surface area contributed by atoms with Crippen molar-refractivity contribution >= 4 is 11.0 Å². The van der Waals surface area contributed by atoms with E-state index < -0.39 is 28.8 Å². The van der Waals surface area contributed by atoms with Crippen LogP contribution in [-0.2, 0) is 11.0 Å². The van der Waals surface area contributed by atoms with E-state index in [-0.39, 0.29) is 35.0 Å². The molecule has 0 amide bonds. The first-order valence-corrected chi connectivity index (χ1v) is 9.52. The Morgan fingerprint density at radius 2 is 2.10 bits per heavy atom. The van der Waals surface area contributed by atoms with Crippen molar-refractivity contribution in [2.45, 2.75) is 23.5 Å². The van der Waals surface area contributed by atoms with Crippen molar-refractivity contribution in [3.8, 4) is 11.8 Å². The van der Waals surface area contributed by atoms with Crippen molar-refractivity contribution in [2.75, 3.05) is 19.6 Å². The highest BCUT2D eigenvalue weighted by Crippen LogP contribution is 2.24. The molecule has 11 heteroatoms. The number of halogens is 3. The van der Waals surface area contributed by atoms with Gasteiger partial charge in [0.25, 0.3) is 6.43 Å². The van der Waals surface area contributed by atoms with Crippen LogP contribution in [-0.4, -0.2) is 48.9 Å². The lowest BCUT2D eigenvalue weighted by molar-refractivity contribution is 0.0655. The molecule has 2 heterocycles. The molecule has 1 aromatic carbocycles. The van der Waals surface area contributed by atoms with Gasteiger partial charge in [-0.15, -0.1) is 0 Å². The van der Waals surface area contributed by atoms with E-state index in [0.29, 0.717) is 13.0 Å². The molecule has 2 atom stereocenters. The summed E-state index contributed by atoms with van der Waals surface area (Å²) in [6.45, 7) is 0.714. The largest absolute Gasteiger partial charge is 0.508 e. The Balaban J connectivity index is 0.000000253. The third-order valence-corrected chi connectivity index (χ3v) is 5.55. The molecule has 3 rings (SSSR count). The van der Waals surface area contributed by atoms with E-state index in [0.717, 1.165) is 12.3 Å². The fourth-order valence-corrected chi connectivity index (χ4v) is 3.68. The number of nitrogens with zero attached hydrogens (tertiary/aromatic N) is 3. The zero-order valence-electron chi connectivity index (χ0n) is 15.1. The summed E-state index contributed by atoms with van der Waals surface area (Å²) in [6, 6.07) is 7.55. The number of aromatic hydroxyl groups is 1. The number of nitriles is 1. The van der Waals surface area contributed by atoms with Crippen LogP contribution in [0.5, 0.6) is 5.75 Å². The highest BCUT2D eigenvalue weighted by atomic mass is 32.2. The van der Waals surface area contributed by atoms with Gasteiger partial charge in [0, 0.05) is 37.5 Å². The van der Waals surface area contributed by atoms with Crippen LogP contribution in [0.2, 0.25) is 0 Å². The molecule has 2 aromatic rings. The molecule has 0 saturated carbocycles. The van der Waals surface area contributed by atoms with Crippen LogP contribution in [0.25, 0.3) is 0 Å². The number of phenols is 1. The maximum absolute atomic E-state index is 12.5. The molecule has 29 heavy (non-hydrogen) atoms. The molecule has 0 aliphatic carbocycles. The molecule has 156 valence electrons. The Morgan fingerprint density at radius 3 is 2.59 bits per heavy atom. The minimum atomic E-state index is -2.59. The Morgan fingerprint density at radius 1 is 1.38 bits per heavy atom. The molecular formula is C18H19F3N4O3S. The highest BCUT2D eigenvalue weighted by molar-refractivity contribution is 7.82. The lowest BCUT2D eigenvalue weighted by atomic mass is 10.1. The molecule has 4 N–H and O–H groups in total. The van der Waals surface area contributed by atoms with Gasteiger partial charge in [0.1, 0.15) is 33.6 Å². The first-order valence-electron chi connectivity index (χ1n) is 8.41. The van der Waals surface area contributed by atoms with Crippen molar-refractivity contribution in [2.24, 2.45) is 5.73 Å². The number of pyridine rings is 1. The maximum atomic E-state index is 12.5. The number of rotatable bonds is 4. The second kappa shape index (κ2) is 9.80. The summed E-state index contributed by atoms with van der Waals surface area (Å²) in [4.78, 5) is 3.78. The average Bonchev–Trinajstić information content (AvgIpc) is 3.11. The number of hydrogen-bond donors (Lipinski definition) is 3. The number of nitrogens with two attached hydrogens (primary N) is 1. The monoisotopic (exact) mass is 428 g/mol. The Hall–Kier alpha value is -2.52. The van der Waals surface area contributed by atoms with Gasteiger partial charge in [0.15, 0.2) is 0 Å². The smallest absolute Gasteiger partial charge is 0.265 e. The fourth-order valence-electron chi connectivity index (χ4n) is 2.48. The summed E-state index contributed by atoms with van der Waals surface area (Å²) in [7, 11) is -1.57. The lowest BCUT2D eigenvalue weighted by Gasteiger charge is -2.20. The minimum absolute atomic E-state index is 0.0576. The van der Waals surface area contributed by atoms with Gasteiger partial charge in [-0.25, -0.2) is 26.7 Å². The minimum Gasteiger partial charge on any atom is -0.508 e. The van der Waals surface area contributed by atoms with E-state index in [2.05, 4.69) is 4.98 Å². The van der Waals surface area contributed by atoms with Crippen LogP contribution < -0.4 is 5.73 Å². The topological polar surface area (TPSA) is 123 Å². The zero-order valence-corrected chi connectivity index (χ0v) is 16.0. The predicted molar refractivity (Wildman–Crippen MR) is 98.6 cm³/mol. The molecule has 1 aliphatic heterocycles. The van der Waals surface area contributed by atoms with Gasteiger partial charge >= 0.3 is 0 Å². The van der Waals surface area contributed by atoms with Crippen LogP contribution in [0.1, 0.15) is 24.0 Å². The normalized spacial score (nSPS) is 20.0. The molecular weight excluding hydrogens is 409 g/mol.